The summed E-state index contributed by atoms with van der Waals surface area (Å²) in [5.74, 6) is 6.72. The number of nitrogens with one attached hydrogen (secondary N) is 1. The van der Waals surface area contributed by atoms with Crippen LogP contribution in [0, 0.1) is 24.7 Å². The van der Waals surface area contributed by atoms with Crippen LogP contribution in [0.3, 0.4) is 0 Å². The lowest BCUT2D eigenvalue weighted by molar-refractivity contribution is -0.160. The Labute approximate surface area is 209 Å². The van der Waals surface area contributed by atoms with Crippen molar-refractivity contribution >= 4 is 21.2 Å². The van der Waals surface area contributed by atoms with Crippen LogP contribution in [0.1, 0.15) is 61.4 Å². The molecule has 0 unspecified atom stereocenters. The Morgan fingerprint density at radius 2 is 1.89 bits per heavy atom. The average molecular weight is 513 g/mol. The van der Waals surface area contributed by atoms with Crippen molar-refractivity contribution in [2.24, 2.45) is 5.92 Å². The molecule has 3 aliphatic rings. The minimum Gasteiger partial charge on any atom is -0.255 e. The van der Waals surface area contributed by atoms with Gasteiger partial charge in [-0.3, -0.25) is 4.98 Å². The molecule has 5 rings (SSSR count). The van der Waals surface area contributed by atoms with Crippen molar-refractivity contribution in [1.29, 1.82) is 0 Å². The summed E-state index contributed by atoms with van der Waals surface area (Å²) in [6.07, 6.45) is 2.37. The Morgan fingerprint density at radius 1 is 1.14 bits per heavy atom. The summed E-state index contributed by atoms with van der Waals surface area (Å²) in [4.78, 5) is 4.12. The van der Waals surface area contributed by atoms with Crippen molar-refractivity contribution in [2.75, 3.05) is 0 Å². The predicted octanol–water partition coefficient (Wildman–Crippen LogP) is 5.98. The van der Waals surface area contributed by atoms with Gasteiger partial charge in [0.25, 0.3) is 0 Å². The summed E-state index contributed by atoms with van der Waals surface area (Å²) in [5.41, 5.74) is 4.48. The third-order valence-corrected chi connectivity index (χ3v) is 8.87. The van der Waals surface area contributed by atoms with Gasteiger partial charge in [0.15, 0.2) is 0 Å². The summed E-state index contributed by atoms with van der Waals surface area (Å²) in [7, 11) is -4.38. The molecule has 0 radical (unpaired) electrons. The molecule has 4 nitrogen and oxygen atoms in total. The van der Waals surface area contributed by atoms with Gasteiger partial charge in [-0.2, -0.15) is 17.9 Å². The van der Waals surface area contributed by atoms with Crippen molar-refractivity contribution in [2.45, 2.75) is 69.0 Å². The molecule has 36 heavy (non-hydrogen) atoms. The minimum absolute atomic E-state index is 0.263. The van der Waals surface area contributed by atoms with E-state index in [0.29, 0.717) is 11.6 Å². The first-order chi connectivity index (χ1) is 17.0. The van der Waals surface area contributed by atoms with E-state index in [0.717, 1.165) is 42.2 Å². The van der Waals surface area contributed by atoms with E-state index in [4.69, 9.17) is 0 Å². The van der Waals surface area contributed by atoms with Gasteiger partial charge in [0.2, 0.25) is 10.0 Å². The summed E-state index contributed by atoms with van der Waals surface area (Å²) in [6, 6.07) is 9.18. The van der Waals surface area contributed by atoms with Gasteiger partial charge in [0.05, 0.1) is 5.69 Å². The molecule has 188 valence electrons. The molecule has 0 amide bonds. The highest BCUT2D eigenvalue weighted by Gasteiger charge is 2.65. The Kier molecular flexibility index (Phi) is 6.12. The van der Waals surface area contributed by atoms with Crippen molar-refractivity contribution < 1.29 is 21.6 Å². The van der Waals surface area contributed by atoms with Gasteiger partial charge in [-0.1, -0.05) is 47.8 Å². The number of nitrogens with zero attached hydrogens (tertiary/aromatic N) is 1. The molecule has 0 spiro atoms. The lowest BCUT2D eigenvalue weighted by Crippen LogP contribution is -2.47. The molecular weight excluding hydrogens is 485 g/mol. The molecule has 3 aliphatic carbocycles. The van der Waals surface area contributed by atoms with E-state index in [2.05, 4.69) is 42.0 Å². The van der Waals surface area contributed by atoms with Crippen LogP contribution in [0.5, 0.6) is 0 Å². The van der Waals surface area contributed by atoms with Crippen LogP contribution in [0.2, 0.25) is 0 Å². The van der Waals surface area contributed by atoms with Gasteiger partial charge >= 0.3 is 6.18 Å². The number of aryl methyl sites for hydroxylation is 1. The number of benzene rings is 1. The third-order valence-electron chi connectivity index (χ3n) is 7.35. The molecule has 8 heteroatoms. The number of alkyl halides is 3. The van der Waals surface area contributed by atoms with E-state index in [-0.39, 0.29) is 17.7 Å². The van der Waals surface area contributed by atoms with Gasteiger partial charge < -0.3 is 0 Å². The maximum Gasteiger partial charge on any atom is 0.407 e. The van der Waals surface area contributed by atoms with Gasteiger partial charge in [-0.05, 0) is 75.1 Å². The molecule has 1 heterocycles. The fourth-order valence-corrected chi connectivity index (χ4v) is 6.26. The van der Waals surface area contributed by atoms with Gasteiger partial charge in [0.1, 0.15) is 10.4 Å². The van der Waals surface area contributed by atoms with Crippen molar-refractivity contribution in [3.63, 3.8) is 0 Å². The predicted molar refractivity (Wildman–Crippen MR) is 133 cm³/mol. The van der Waals surface area contributed by atoms with Crippen LogP contribution in [0.25, 0.3) is 11.1 Å². The summed E-state index contributed by atoms with van der Waals surface area (Å²) in [6.45, 7) is 3.83. The Balaban J connectivity index is 1.57. The lowest BCUT2D eigenvalue weighted by Gasteiger charge is -2.28. The molecule has 0 saturated heterocycles. The second-order valence-electron chi connectivity index (χ2n) is 9.91. The summed E-state index contributed by atoms with van der Waals surface area (Å²) in [5, 5.41) is 0. The zero-order valence-electron chi connectivity index (χ0n) is 20.2. The number of halogens is 3. The highest BCUT2D eigenvalue weighted by molar-refractivity contribution is 7.89. The van der Waals surface area contributed by atoms with Gasteiger partial charge in [-0.15, -0.1) is 5.92 Å². The molecule has 0 atom stereocenters. The standard InChI is InChI=1S/C28H27F3N2O2S/c1-3-5-24-23-10-8-18(2)14-21(23)15-20(19-6-4-7-19)16-25(24)26-11-9-22(17-32-26)36(34,35)33-27(12-13-27)28(29,30)31/h8-11,14,16-17,19,33H,4,6-7,12-13,15H2,1-2H3. The molecule has 2 fully saturated rings. The first-order valence-electron chi connectivity index (χ1n) is 12.1. The summed E-state index contributed by atoms with van der Waals surface area (Å²) < 4.78 is 67.3. The molecule has 2 aromatic rings. The van der Waals surface area contributed by atoms with Crippen LogP contribution in [-0.4, -0.2) is 25.1 Å². The molecule has 1 aromatic carbocycles. The van der Waals surface area contributed by atoms with Crippen LogP contribution < -0.4 is 4.72 Å². The minimum atomic E-state index is -4.64. The number of pyridine rings is 1. The molecule has 2 saturated carbocycles. The number of allylic oxidation sites excluding steroid dienone is 4. The number of aromatic nitrogens is 1. The topological polar surface area (TPSA) is 59.1 Å². The van der Waals surface area contributed by atoms with Crippen LogP contribution in [0.4, 0.5) is 13.2 Å². The Bertz CT molecular complexity index is 1430. The van der Waals surface area contributed by atoms with E-state index in [1.54, 1.807) is 13.0 Å². The fraction of sp³-hybridized carbons (Fsp3) is 0.393. The number of rotatable bonds is 5. The molecule has 0 bridgehead atoms. The largest absolute Gasteiger partial charge is 0.407 e. The first-order valence-corrected chi connectivity index (χ1v) is 13.6. The highest BCUT2D eigenvalue weighted by atomic mass is 32.2. The van der Waals surface area contributed by atoms with E-state index in [1.807, 2.05) is 10.8 Å². The van der Waals surface area contributed by atoms with Crippen LogP contribution in [0.15, 0.2) is 53.1 Å². The molecule has 1 N–H and O–H groups in total. The average Bonchev–Trinajstić information content (AvgIpc) is 3.57. The smallest absolute Gasteiger partial charge is 0.255 e. The highest BCUT2D eigenvalue weighted by Crippen LogP contribution is 2.49. The number of fused-ring (bicyclic) bond motifs is 1. The fourth-order valence-electron chi connectivity index (χ4n) is 4.87. The van der Waals surface area contributed by atoms with E-state index < -0.39 is 21.7 Å². The Morgan fingerprint density at radius 3 is 2.44 bits per heavy atom. The van der Waals surface area contributed by atoms with E-state index >= 15 is 0 Å². The second kappa shape index (κ2) is 8.89. The zero-order chi connectivity index (χ0) is 25.7. The number of hydrogen-bond donors (Lipinski definition) is 1. The molecule has 1 aromatic heterocycles. The SMILES string of the molecule is CC#CC1=C(c2ccc(S(=O)(=O)NC3(C(F)(F)F)CC3)cn2)C=C(C2CCC2)Cc2cc(C)ccc21. The second-order valence-corrected chi connectivity index (χ2v) is 11.6. The number of hydrogen-bond acceptors (Lipinski definition) is 3. The monoisotopic (exact) mass is 512 g/mol. The quantitative estimate of drug-likeness (QED) is 0.502. The first kappa shape index (κ1) is 24.8. The van der Waals surface area contributed by atoms with Crippen LogP contribution >= 0.6 is 0 Å². The van der Waals surface area contributed by atoms with Gasteiger partial charge in [0, 0.05) is 17.3 Å². The number of sulfonamides is 1. The van der Waals surface area contributed by atoms with Gasteiger partial charge in [-0.25, -0.2) is 8.42 Å². The molecular formula is C28H27F3N2O2S. The normalized spacial score (nSPS) is 19.4. The summed E-state index contributed by atoms with van der Waals surface area (Å²) >= 11 is 0. The van der Waals surface area contributed by atoms with Crippen LogP contribution in [-0.2, 0) is 16.4 Å². The molecule has 0 aliphatic heterocycles. The van der Waals surface area contributed by atoms with E-state index in [9.17, 15) is 21.6 Å². The third kappa shape index (κ3) is 4.51. The Hall–Kier alpha value is -2.89. The maximum atomic E-state index is 13.3. The van der Waals surface area contributed by atoms with Crippen molar-refractivity contribution in [3.05, 3.63) is 70.6 Å². The van der Waals surface area contributed by atoms with Crippen molar-refractivity contribution in [3.8, 4) is 11.8 Å². The van der Waals surface area contributed by atoms with E-state index in [1.165, 1.54) is 29.2 Å². The lowest BCUT2D eigenvalue weighted by atomic mass is 9.77. The zero-order valence-corrected chi connectivity index (χ0v) is 21.0. The van der Waals surface area contributed by atoms with Crippen molar-refractivity contribution in [1.82, 2.24) is 9.71 Å². The maximum absolute atomic E-state index is 13.3.